The maximum Gasteiger partial charge on any atom is 0.106 e. The van der Waals surface area contributed by atoms with Crippen molar-refractivity contribution >= 4 is 0 Å². The molecule has 22 heavy (non-hydrogen) atoms. The van der Waals surface area contributed by atoms with Gasteiger partial charge in [0, 0.05) is 18.0 Å². The van der Waals surface area contributed by atoms with E-state index in [9.17, 15) is 0 Å². The van der Waals surface area contributed by atoms with E-state index < -0.39 is 0 Å². The molecule has 0 saturated carbocycles. The Morgan fingerprint density at radius 2 is 1.55 bits per heavy atom. The van der Waals surface area contributed by atoms with Gasteiger partial charge in [0.05, 0.1) is 12.6 Å². The van der Waals surface area contributed by atoms with Crippen molar-refractivity contribution in [1.29, 1.82) is 0 Å². The topological polar surface area (TPSA) is 21.3 Å². The summed E-state index contributed by atoms with van der Waals surface area (Å²) >= 11 is 0. The quantitative estimate of drug-likeness (QED) is 0.886. The molecule has 2 aromatic rings. The molecule has 2 aliphatic heterocycles. The van der Waals surface area contributed by atoms with Crippen LogP contribution in [0.25, 0.3) is 0 Å². The van der Waals surface area contributed by atoms with E-state index >= 15 is 0 Å². The third kappa shape index (κ3) is 2.24. The van der Waals surface area contributed by atoms with Crippen LogP contribution in [-0.4, -0.2) is 6.61 Å². The van der Waals surface area contributed by atoms with Crippen LogP contribution in [0.3, 0.4) is 0 Å². The van der Waals surface area contributed by atoms with Gasteiger partial charge in [-0.3, -0.25) is 0 Å². The molecule has 2 aliphatic rings. The summed E-state index contributed by atoms with van der Waals surface area (Å²) in [6, 6.07) is 21.7. The van der Waals surface area contributed by atoms with E-state index in [0.717, 1.165) is 13.0 Å². The average Bonchev–Trinajstić information content (AvgIpc) is 2.94. The highest BCUT2D eigenvalue weighted by atomic mass is 16.5. The van der Waals surface area contributed by atoms with Crippen molar-refractivity contribution in [2.75, 3.05) is 6.61 Å². The van der Waals surface area contributed by atoms with Crippen molar-refractivity contribution in [3.63, 3.8) is 0 Å². The Bertz CT molecular complexity index is 677. The van der Waals surface area contributed by atoms with Crippen LogP contribution in [0.2, 0.25) is 0 Å². The number of benzene rings is 2. The minimum absolute atomic E-state index is 0.0983. The van der Waals surface area contributed by atoms with Crippen molar-refractivity contribution in [3.05, 3.63) is 83.1 Å². The lowest BCUT2D eigenvalue weighted by Crippen LogP contribution is -2.19. The van der Waals surface area contributed by atoms with Crippen LogP contribution in [0.15, 0.2) is 71.9 Å². The number of hydrogen-bond donors (Lipinski definition) is 1. The largest absolute Gasteiger partial charge is 0.381 e. The molecule has 2 heterocycles. The van der Waals surface area contributed by atoms with E-state index in [-0.39, 0.29) is 6.10 Å². The number of rotatable bonds is 2. The van der Waals surface area contributed by atoms with Crippen LogP contribution in [0.4, 0.5) is 0 Å². The minimum Gasteiger partial charge on any atom is -0.381 e. The fourth-order valence-corrected chi connectivity index (χ4v) is 3.77. The standard InChI is InChI=1S/C20H21NO/c1-14-18-17(21-19(14)15-8-4-2-5-9-15)12-13-22-20(18)16-10-6-3-7-11-16/h2-11,14,19-21H,12-13H2,1H3/t14-,19+,20-/m1/s1. The fraction of sp³-hybridized carbons (Fsp3) is 0.300. The van der Waals surface area contributed by atoms with Crippen LogP contribution >= 0.6 is 0 Å². The van der Waals surface area contributed by atoms with Gasteiger partial charge >= 0.3 is 0 Å². The Hall–Kier alpha value is -2.06. The summed E-state index contributed by atoms with van der Waals surface area (Å²) in [5, 5.41) is 3.76. The summed E-state index contributed by atoms with van der Waals surface area (Å²) in [6.07, 6.45) is 1.09. The lowest BCUT2D eigenvalue weighted by atomic mass is 9.85. The van der Waals surface area contributed by atoms with E-state index in [1.165, 1.54) is 22.4 Å². The van der Waals surface area contributed by atoms with Crippen LogP contribution in [0.1, 0.15) is 36.6 Å². The predicted octanol–water partition coefficient (Wildman–Crippen LogP) is 4.38. The molecule has 0 unspecified atom stereocenters. The van der Waals surface area contributed by atoms with Crippen LogP contribution < -0.4 is 5.32 Å². The Labute approximate surface area is 131 Å². The molecule has 2 aromatic carbocycles. The molecule has 0 saturated heterocycles. The van der Waals surface area contributed by atoms with Crippen molar-refractivity contribution in [2.24, 2.45) is 5.92 Å². The van der Waals surface area contributed by atoms with Gasteiger partial charge in [-0.15, -0.1) is 0 Å². The van der Waals surface area contributed by atoms with Crippen molar-refractivity contribution in [1.82, 2.24) is 5.32 Å². The van der Waals surface area contributed by atoms with Gasteiger partial charge in [0.15, 0.2) is 0 Å². The zero-order valence-electron chi connectivity index (χ0n) is 12.8. The predicted molar refractivity (Wildman–Crippen MR) is 88.3 cm³/mol. The summed E-state index contributed by atoms with van der Waals surface area (Å²) in [5.74, 6) is 0.447. The minimum atomic E-state index is 0.0983. The average molecular weight is 291 g/mol. The second-order valence-electron chi connectivity index (χ2n) is 6.17. The zero-order chi connectivity index (χ0) is 14.9. The lowest BCUT2D eigenvalue weighted by molar-refractivity contribution is 0.0625. The number of hydrogen-bond acceptors (Lipinski definition) is 2. The molecule has 0 amide bonds. The van der Waals surface area contributed by atoms with Gasteiger partial charge in [-0.05, 0) is 16.7 Å². The Balaban J connectivity index is 1.68. The summed E-state index contributed by atoms with van der Waals surface area (Å²) in [6.45, 7) is 3.11. The summed E-state index contributed by atoms with van der Waals surface area (Å²) in [5.41, 5.74) is 5.45. The van der Waals surface area contributed by atoms with Gasteiger partial charge < -0.3 is 10.1 Å². The SMILES string of the molecule is C[C@@H]1C2=C(CCO[C@@H]2c2ccccc2)N[C@@H]1c1ccccc1. The highest BCUT2D eigenvalue weighted by Crippen LogP contribution is 2.46. The number of nitrogens with one attached hydrogen (secondary N) is 1. The third-order valence-electron chi connectivity index (χ3n) is 4.85. The first-order valence-corrected chi connectivity index (χ1v) is 8.05. The van der Waals surface area contributed by atoms with Crippen molar-refractivity contribution in [3.8, 4) is 0 Å². The van der Waals surface area contributed by atoms with E-state index in [4.69, 9.17) is 4.74 Å². The third-order valence-corrected chi connectivity index (χ3v) is 4.85. The van der Waals surface area contributed by atoms with Gasteiger partial charge in [-0.25, -0.2) is 0 Å². The van der Waals surface area contributed by atoms with Crippen molar-refractivity contribution < 1.29 is 4.74 Å². The molecule has 0 aliphatic carbocycles. The number of ether oxygens (including phenoxy) is 1. The van der Waals surface area contributed by atoms with Gasteiger partial charge in [0.25, 0.3) is 0 Å². The first-order valence-electron chi connectivity index (χ1n) is 8.05. The molecule has 0 fully saturated rings. The van der Waals surface area contributed by atoms with E-state index in [1.807, 2.05) is 0 Å². The molecule has 1 N–H and O–H groups in total. The normalized spacial score (nSPS) is 27.4. The second kappa shape index (κ2) is 5.62. The molecular formula is C20H21NO. The van der Waals surface area contributed by atoms with E-state index in [1.54, 1.807) is 0 Å². The maximum absolute atomic E-state index is 6.13. The molecule has 2 nitrogen and oxygen atoms in total. The molecule has 0 bridgehead atoms. The highest BCUT2D eigenvalue weighted by Gasteiger charge is 2.38. The summed E-state index contributed by atoms with van der Waals surface area (Å²) in [7, 11) is 0. The maximum atomic E-state index is 6.13. The first kappa shape index (κ1) is 13.6. The van der Waals surface area contributed by atoms with Crippen LogP contribution in [-0.2, 0) is 4.74 Å². The monoisotopic (exact) mass is 291 g/mol. The Morgan fingerprint density at radius 1 is 0.909 bits per heavy atom. The highest BCUT2D eigenvalue weighted by molar-refractivity contribution is 5.39. The molecule has 0 radical (unpaired) electrons. The first-order chi connectivity index (χ1) is 10.8. The zero-order valence-corrected chi connectivity index (χ0v) is 12.8. The van der Waals surface area contributed by atoms with Gasteiger partial charge in [-0.2, -0.15) is 0 Å². The molecule has 0 aromatic heterocycles. The van der Waals surface area contributed by atoms with Crippen molar-refractivity contribution in [2.45, 2.75) is 25.5 Å². The lowest BCUT2D eigenvalue weighted by Gasteiger charge is -2.28. The molecular weight excluding hydrogens is 270 g/mol. The fourth-order valence-electron chi connectivity index (χ4n) is 3.77. The van der Waals surface area contributed by atoms with Gasteiger partial charge in [0.2, 0.25) is 0 Å². The van der Waals surface area contributed by atoms with Crippen LogP contribution in [0, 0.1) is 5.92 Å². The van der Waals surface area contributed by atoms with E-state index in [2.05, 4.69) is 72.9 Å². The van der Waals surface area contributed by atoms with Crippen LogP contribution in [0.5, 0.6) is 0 Å². The Morgan fingerprint density at radius 3 is 2.23 bits per heavy atom. The van der Waals surface area contributed by atoms with Gasteiger partial charge in [0.1, 0.15) is 6.10 Å². The van der Waals surface area contributed by atoms with Gasteiger partial charge in [-0.1, -0.05) is 67.6 Å². The molecule has 2 heteroatoms. The molecule has 3 atom stereocenters. The smallest absolute Gasteiger partial charge is 0.106 e. The molecule has 4 rings (SSSR count). The summed E-state index contributed by atoms with van der Waals surface area (Å²) in [4.78, 5) is 0. The Kier molecular flexibility index (Phi) is 3.47. The second-order valence-corrected chi connectivity index (χ2v) is 6.17. The molecule has 0 spiro atoms. The van der Waals surface area contributed by atoms with E-state index in [0.29, 0.717) is 12.0 Å². The molecule has 112 valence electrons. The summed E-state index contributed by atoms with van der Waals surface area (Å²) < 4.78 is 6.13.